The third kappa shape index (κ3) is 2.82. The summed E-state index contributed by atoms with van der Waals surface area (Å²) in [6.45, 7) is 2.11. The molecule has 0 aliphatic carbocycles. The summed E-state index contributed by atoms with van der Waals surface area (Å²) in [5.74, 6) is 0. The highest BCUT2D eigenvalue weighted by molar-refractivity contribution is 5.75. The van der Waals surface area contributed by atoms with E-state index >= 15 is 0 Å². The molecule has 3 nitrogen and oxygen atoms in total. The largest absolute Gasteiger partial charge is 0.338 e. The summed E-state index contributed by atoms with van der Waals surface area (Å²) in [7, 11) is 0. The zero-order valence-corrected chi connectivity index (χ0v) is 11.4. The molecule has 0 unspecified atom stereocenters. The molecule has 20 heavy (non-hydrogen) atoms. The number of hydrogen-bond acceptors (Lipinski definition) is 1. The quantitative estimate of drug-likeness (QED) is 0.910. The Balaban J connectivity index is 1.49. The van der Waals surface area contributed by atoms with Gasteiger partial charge >= 0.3 is 6.03 Å². The number of rotatable bonds is 3. The average molecular weight is 266 g/mol. The van der Waals surface area contributed by atoms with Gasteiger partial charge in [0.05, 0.1) is 0 Å². The van der Waals surface area contributed by atoms with Crippen molar-refractivity contribution in [2.24, 2.45) is 0 Å². The standard InChI is InChI=1S/C17H18N2O/c20-17(18-11-10-14-6-2-1-3-7-14)19-12-15-8-4-5-9-16(15)13-19/h1-9H,10-13H2,(H,18,20). The summed E-state index contributed by atoms with van der Waals surface area (Å²) >= 11 is 0. The zero-order chi connectivity index (χ0) is 13.8. The number of hydrogen-bond donors (Lipinski definition) is 1. The molecule has 0 fully saturated rings. The predicted octanol–water partition coefficient (Wildman–Crippen LogP) is 2.95. The summed E-state index contributed by atoms with van der Waals surface area (Å²) in [6.07, 6.45) is 0.868. The maximum absolute atomic E-state index is 12.1. The van der Waals surface area contributed by atoms with Crippen LogP contribution in [0.15, 0.2) is 54.6 Å². The van der Waals surface area contributed by atoms with Crippen molar-refractivity contribution in [1.29, 1.82) is 0 Å². The third-order valence-corrected chi connectivity index (χ3v) is 3.66. The van der Waals surface area contributed by atoms with Crippen LogP contribution in [0.25, 0.3) is 0 Å². The lowest BCUT2D eigenvalue weighted by atomic mass is 10.1. The van der Waals surface area contributed by atoms with Crippen molar-refractivity contribution in [3.05, 3.63) is 71.3 Å². The van der Waals surface area contributed by atoms with Gasteiger partial charge in [-0.3, -0.25) is 0 Å². The highest BCUT2D eigenvalue weighted by atomic mass is 16.2. The number of nitrogens with zero attached hydrogens (tertiary/aromatic N) is 1. The SMILES string of the molecule is O=C(NCCc1ccccc1)N1Cc2ccccc2C1. The Kier molecular flexibility index (Phi) is 3.68. The Labute approximate surface area is 119 Å². The summed E-state index contributed by atoms with van der Waals surface area (Å²) in [4.78, 5) is 14.0. The first kappa shape index (κ1) is 12.7. The summed E-state index contributed by atoms with van der Waals surface area (Å²) in [5, 5.41) is 2.99. The van der Waals surface area contributed by atoms with Crippen molar-refractivity contribution in [2.45, 2.75) is 19.5 Å². The minimum Gasteiger partial charge on any atom is -0.338 e. The van der Waals surface area contributed by atoms with E-state index in [9.17, 15) is 4.79 Å². The van der Waals surface area contributed by atoms with E-state index in [0.29, 0.717) is 19.6 Å². The Morgan fingerprint density at radius 3 is 2.20 bits per heavy atom. The van der Waals surface area contributed by atoms with E-state index in [0.717, 1.165) is 6.42 Å². The number of urea groups is 1. The zero-order valence-electron chi connectivity index (χ0n) is 11.4. The summed E-state index contributed by atoms with van der Waals surface area (Å²) in [5.41, 5.74) is 3.76. The van der Waals surface area contributed by atoms with E-state index in [-0.39, 0.29) is 6.03 Å². The van der Waals surface area contributed by atoms with Crippen LogP contribution < -0.4 is 5.32 Å². The van der Waals surface area contributed by atoms with E-state index in [1.807, 2.05) is 35.2 Å². The molecule has 2 aromatic rings. The van der Waals surface area contributed by atoms with Crippen molar-refractivity contribution in [3.63, 3.8) is 0 Å². The number of amides is 2. The average Bonchev–Trinajstić information content (AvgIpc) is 2.92. The van der Waals surface area contributed by atoms with E-state index < -0.39 is 0 Å². The van der Waals surface area contributed by atoms with Gasteiger partial charge in [0.1, 0.15) is 0 Å². The van der Waals surface area contributed by atoms with Gasteiger partial charge in [0, 0.05) is 19.6 Å². The van der Waals surface area contributed by atoms with Crippen LogP contribution in [0.4, 0.5) is 4.79 Å². The van der Waals surface area contributed by atoms with Crippen LogP contribution in [0.3, 0.4) is 0 Å². The second-order valence-electron chi connectivity index (χ2n) is 5.09. The van der Waals surface area contributed by atoms with Gasteiger partial charge in [0.2, 0.25) is 0 Å². The van der Waals surface area contributed by atoms with E-state index in [4.69, 9.17) is 0 Å². The molecule has 3 rings (SSSR count). The molecule has 2 aromatic carbocycles. The van der Waals surface area contributed by atoms with E-state index in [1.54, 1.807) is 0 Å². The number of nitrogens with one attached hydrogen (secondary N) is 1. The van der Waals surface area contributed by atoms with Gasteiger partial charge in [-0.25, -0.2) is 4.79 Å². The molecule has 0 saturated carbocycles. The first-order valence-corrected chi connectivity index (χ1v) is 6.96. The van der Waals surface area contributed by atoms with Crippen LogP contribution in [-0.2, 0) is 19.5 Å². The lowest BCUT2D eigenvalue weighted by Gasteiger charge is -2.16. The van der Waals surface area contributed by atoms with Gasteiger partial charge in [0.25, 0.3) is 0 Å². The molecule has 2 amide bonds. The molecule has 1 heterocycles. The molecule has 0 aromatic heterocycles. The maximum Gasteiger partial charge on any atom is 0.318 e. The molecule has 1 N–H and O–H groups in total. The fourth-order valence-electron chi connectivity index (χ4n) is 2.55. The minimum absolute atomic E-state index is 0.0251. The number of carbonyl (C=O) groups excluding carboxylic acids is 1. The highest BCUT2D eigenvalue weighted by Gasteiger charge is 2.22. The maximum atomic E-state index is 12.1. The molecular weight excluding hydrogens is 248 g/mol. The van der Waals surface area contributed by atoms with Crippen molar-refractivity contribution in [2.75, 3.05) is 6.54 Å². The molecule has 0 atom stereocenters. The Bertz CT molecular complexity index is 570. The van der Waals surface area contributed by atoms with Crippen molar-refractivity contribution >= 4 is 6.03 Å². The number of carbonyl (C=O) groups is 1. The Morgan fingerprint density at radius 1 is 0.950 bits per heavy atom. The van der Waals surface area contributed by atoms with Crippen molar-refractivity contribution in [3.8, 4) is 0 Å². The molecule has 0 bridgehead atoms. The molecule has 0 saturated heterocycles. The van der Waals surface area contributed by atoms with Crippen LogP contribution >= 0.6 is 0 Å². The second-order valence-corrected chi connectivity index (χ2v) is 5.09. The van der Waals surface area contributed by atoms with Crippen LogP contribution in [0, 0.1) is 0 Å². The lowest BCUT2D eigenvalue weighted by Crippen LogP contribution is -2.37. The minimum atomic E-state index is 0.0251. The monoisotopic (exact) mass is 266 g/mol. The molecule has 102 valence electrons. The molecule has 1 aliphatic heterocycles. The van der Waals surface area contributed by atoms with Gasteiger partial charge < -0.3 is 10.2 Å². The first-order chi connectivity index (χ1) is 9.83. The van der Waals surface area contributed by atoms with Crippen LogP contribution in [-0.4, -0.2) is 17.5 Å². The summed E-state index contributed by atoms with van der Waals surface area (Å²) in [6, 6.07) is 18.5. The number of benzene rings is 2. The predicted molar refractivity (Wildman–Crippen MR) is 79.2 cm³/mol. The third-order valence-electron chi connectivity index (χ3n) is 3.66. The molecule has 3 heteroatoms. The number of fused-ring (bicyclic) bond motifs is 1. The van der Waals surface area contributed by atoms with E-state index in [1.165, 1.54) is 16.7 Å². The highest BCUT2D eigenvalue weighted by Crippen LogP contribution is 2.21. The van der Waals surface area contributed by atoms with Crippen molar-refractivity contribution in [1.82, 2.24) is 10.2 Å². The van der Waals surface area contributed by atoms with E-state index in [2.05, 4.69) is 29.6 Å². The fourth-order valence-corrected chi connectivity index (χ4v) is 2.55. The topological polar surface area (TPSA) is 32.3 Å². The molecule has 0 radical (unpaired) electrons. The van der Waals surface area contributed by atoms with Crippen LogP contribution in [0.1, 0.15) is 16.7 Å². The van der Waals surface area contributed by atoms with Gasteiger partial charge in [0.15, 0.2) is 0 Å². The Morgan fingerprint density at radius 2 is 1.55 bits per heavy atom. The first-order valence-electron chi connectivity index (χ1n) is 6.96. The normalized spacial score (nSPS) is 13.1. The smallest absolute Gasteiger partial charge is 0.318 e. The molecule has 0 spiro atoms. The van der Waals surface area contributed by atoms with Crippen LogP contribution in [0.5, 0.6) is 0 Å². The van der Waals surface area contributed by atoms with Crippen LogP contribution in [0.2, 0.25) is 0 Å². The lowest BCUT2D eigenvalue weighted by molar-refractivity contribution is 0.198. The Hall–Kier alpha value is -2.29. The van der Waals surface area contributed by atoms with Gasteiger partial charge in [-0.2, -0.15) is 0 Å². The molecular formula is C17H18N2O. The van der Waals surface area contributed by atoms with Gasteiger partial charge in [-0.15, -0.1) is 0 Å². The second kappa shape index (κ2) is 5.78. The van der Waals surface area contributed by atoms with Crippen molar-refractivity contribution < 1.29 is 4.79 Å². The summed E-state index contributed by atoms with van der Waals surface area (Å²) < 4.78 is 0. The van der Waals surface area contributed by atoms with Gasteiger partial charge in [-0.05, 0) is 23.1 Å². The van der Waals surface area contributed by atoms with Gasteiger partial charge in [-0.1, -0.05) is 54.6 Å². The molecule has 1 aliphatic rings. The fraction of sp³-hybridized carbons (Fsp3) is 0.235.